The summed E-state index contributed by atoms with van der Waals surface area (Å²) in [5, 5.41) is 1.79. The summed E-state index contributed by atoms with van der Waals surface area (Å²) in [6.07, 6.45) is 2.11. The Morgan fingerprint density at radius 3 is 2.57 bits per heavy atom. The minimum atomic E-state index is -0.448. The van der Waals surface area contributed by atoms with E-state index in [2.05, 4.69) is 29.2 Å². The van der Waals surface area contributed by atoms with Crippen molar-refractivity contribution in [1.82, 2.24) is 19.9 Å². The van der Waals surface area contributed by atoms with E-state index in [1.54, 1.807) is 18.1 Å². The molecule has 3 rings (SSSR count). The van der Waals surface area contributed by atoms with Crippen molar-refractivity contribution in [2.45, 2.75) is 33.7 Å². The Morgan fingerprint density at radius 1 is 1.18 bits per heavy atom. The van der Waals surface area contributed by atoms with Crippen molar-refractivity contribution in [3.63, 3.8) is 0 Å². The van der Waals surface area contributed by atoms with Gasteiger partial charge in [-0.15, -0.1) is 0 Å². The van der Waals surface area contributed by atoms with Crippen molar-refractivity contribution in [1.29, 1.82) is 0 Å². The Hall–Kier alpha value is -2.87. The lowest BCUT2D eigenvalue weighted by Gasteiger charge is -2.31. The number of para-hydroxylation sites is 2. The van der Waals surface area contributed by atoms with Crippen LogP contribution in [0, 0.1) is 0 Å². The average Bonchev–Trinajstić information content (AvgIpc) is 3.13. The largest absolute Gasteiger partial charge is 0.461 e. The van der Waals surface area contributed by atoms with Gasteiger partial charge in [0.15, 0.2) is 5.69 Å². The smallest absolute Gasteiger partial charge is 0.358 e. The SMILES string of the molecule is CCOC(=O)c1cn2c(n1)CN(NC(=O)CCN(CC)CC)c1ccccc1-2. The third-order valence-electron chi connectivity index (χ3n) is 4.80. The van der Waals surface area contributed by atoms with E-state index in [4.69, 9.17) is 4.74 Å². The molecular formula is C20H27N5O3. The monoisotopic (exact) mass is 385 g/mol. The second-order valence-corrected chi connectivity index (χ2v) is 6.52. The fourth-order valence-corrected chi connectivity index (χ4v) is 3.27. The molecule has 0 spiro atoms. The number of carbonyl (C=O) groups excluding carboxylic acids is 2. The van der Waals surface area contributed by atoms with Crippen LogP contribution < -0.4 is 10.4 Å². The highest BCUT2D eigenvalue weighted by Crippen LogP contribution is 2.30. The summed E-state index contributed by atoms with van der Waals surface area (Å²) < 4.78 is 6.93. The van der Waals surface area contributed by atoms with E-state index in [0.29, 0.717) is 25.4 Å². The first-order valence-electron chi connectivity index (χ1n) is 9.71. The van der Waals surface area contributed by atoms with Gasteiger partial charge in [0.25, 0.3) is 0 Å². The molecule has 1 N–H and O–H groups in total. The zero-order chi connectivity index (χ0) is 20.1. The predicted molar refractivity (Wildman–Crippen MR) is 106 cm³/mol. The molecule has 0 saturated carbocycles. The third-order valence-corrected chi connectivity index (χ3v) is 4.80. The number of nitrogens with zero attached hydrogens (tertiary/aromatic N) is 4. The molecule has 8 nitrogen and oxygen atoms in total. The fourth-order valence-electron chi connectivity index (χ4n) is 3.27. The highest BCUT2D eigenvalue weighted by molar-refractivity contribution is 5.87. The number of aromatic nitrogens is 2. The molecule has 1 aliphatic heterocycles. The number of hydrogen-bond donors (Lipinski definition) is 1. The van der Waals surface area contributed by atoms with Gasteiger partial charge in [-0.1, -0.05) is 26.0 Å². The van der Waals surface area contributed by atoms with Gasteiger partial charge in [0.1, 0.15) is 5.82 Å². The highest BCUT2D eigenvalue weighted by atomic mass is 16.5. The number of nitrogens with one attached hydrogen (secondary N) is 1. The number of esters is 1. The van der Waals surface area contributed by atoms with Crippen molar-refractivity contribution >= 4 is 17.6 Å². The van der Waals surface area contributed by atoms with Crippen LogP contribution in [0.25, 0.3) is 5.69 Å². The van der Waals surface area contributed by atoms with Crippen molar-refractivity contribution in [3.8, 4) is 5.69 Å². The zero-order valence-electron chi connectivity index (χ0n) is 16.6. The number of anilines is 1. The summed E-state index contributed by atoms with van der Waals surface area (Å²) in [5.41, 5.74) is 4.96. The maximum atomic E-state index is 12.5. The lowest BCUT2D eigenvalue weighted by Crippen LogP contribution is -2.45. The van der Waals surface area contributed by atoms with Crippen LogP contribution in [-0.2, 0) is 16.1 Å². The number of carbonyl (C=O) groups is 2. The number of amides is 1. The van der Waals surface area contributed by atoms with Gasteiger partial charge in [0, 0.05) is 19.2 Å². The van der Waals surface area contributed by atoms with E-state index < -0.39 is 5.97 Å². The predicted octanol–water partition coefficient (Wildman–Crippen LogP) is 2.13. The first kappa shape index (κ1) is 19.9. The summed E-state index contributed by atoms with van der Waals surface area (Å²) in [6.45, 7) is 9.16. The molecule has 0 unspecified atom stereocenters. The molecule has 28 heavy (non-hydrogen) atoms. The van der Waals surface area contributed by atoms with Gasteiger partial charge in [0.2, 0.25) is 5.91 Å². The van der Waals surface area contributed by atoms with Gasteiger partial charge in [0.05, 0.1) is 24.5 Å². The molecule has 0 bridgehead atoms. The third kappa shape index (κ3) is 4.17. The van der Waals surface area contributed by atoms with Crippen LogP contribution >= 0.6 is 0 Å². The van der Waals surface area contributed by atoms with Gasteiger partial charge in [-0.2, -0.15) is 0 Å². The number of benzene rings is 1. The Balaban J connectivity index is 1.78. The van der Waals surface area contributed by atoms with Crippen LogP contribution in [0.1, 0.15) is 43.5 Å². The minimum absolute atomic E-state index is 0.0488. The maximum absolute atomic E-state index is 12.5. The Labute approximate surface area is 165 Å². The van der Waals surface area contributed by atoms with Gasteiger partial charge >= 0.3 is 5.97 Å². The molecular weight excluding hydrogens is 358 g/mol. The van der Waals surface area contributed by atoms with E-state index in [0.717, 1.165) is 31.0 Å². The van der Waals surface area contributed by atoms with Crippen LogP contribution in [0.2, 0.25) is 0 Å². The fraction of sp³-hybridized carbons (Fsp3) is 0.450. The number of rotatable bonds is 8. The number of ether oxygens (including phenoxy) is 1. The first-order valence-corrected chi connectivity index (χ1v) is 9.71. The molecule has 0 radical (unpaired) electrons. The average molecular weight is 385 g/mol. The van der Waals surface area contributed by atoms with Crippen molar-refractivity contribution in [3.05, 3.63) is 42.0 Å². The van der Waals surface area contributed by atoms with Gasteiger partial charge in [-0.25, -0.2) is 9.78 Å². The number of imidazole rings is 1. The van der Waals surface area contributed by atoms with Gasteiger partial charge < -0.3 is 9.64 Å². The van der Waals surface area contributed by atoms with Crippen LogP contribution in [0.5, 0.6) is 0 Å². The second-order valence-electron chi connectivity index (χ2n) is 6.52. The summed E-state index contributed by atoms with van der Waals surface area (Å²) >= 11 is 0. The van der Waals surface area contributed by atoms with Crippen LogP contribution in [-0.4, -0.2) is 52.6 Å². The van der Waals surface area contributed by atoms with E-state index in [-0.39, 0.29) is 11.6 Å². The standard InChI is InChI=1S/C20H27N5O3/c1-4-23(5-2)12-11-19(26)22-25-14-18-21-15(20(27)28-6-3)13-24(18)16-9-7-8-10-17(16)25/h7-10,13H,4-6,11-12,14H2,1-3H3,(H,22,26). The molecule has 150 valence electrons. The van der Waals surface area contributed by atoms with Crippen LogP contribution in [0.4, 0.5) is 5.69 Å². The van der Waals surface area contributed by atoms with Crippen LogP contribution in [0.3, 0.4) is 0 Å². The molecule has 0 aliphatic carbocycles. The molecule has 1 aromatic heterocycles. The molecule has 0 atom stereocenters. The maximum Gasteiger partial charge on any atom is 0.358 e. The molecule has 2 aromatic rings. The lowest BCUT2D eigenvalue weighted by atomic mass is 10.2. The summed E-state index contributed by atoms with van der Waals surface area (Å²) in [7, 11) is 0. The summed E-state index contributed by atoms with van der Waals surface area (Å²) in [6, 6.07) is 7.71. The Morgan fingerprint density at radius 2 is 1.89 bits per heavy atom. The first-order chi connectivity index (χ1) is 13.6. The molecule has 1 amide bonds. The van der Waals surface area contributed by atoms with E-state index in [9.17, 15) is 9.59 Å². The van der Waals surface area contributed by atoms with Crippen molar-refractivity contribution in [2.24, 2.45) is 0 Å². The summed E-state index contributed by atoms with van der Waals surface area (Å²) in [4.78, 5) is 31.2. The van der Waals surface area contributed by atoms with Gasteiger partial charge in [-0.3, -0.25) is 19.8 Å². The Kier molecular flexibility index (Phi) is 6.30. The molecule has 0 fully saturated rings. The van der Waals surface area contributed by atoms with Crippen molar-refractivity contribution < 1.29 is 14.3 Å². The van der Waals surface area contributed by atoms with E-state index in [1.165, 1.54) is 0 Å². The quantitative estimate of drug-likeness (QED) is 0.702. The highest BCUT2D eigenvalue weighted by Gasteiger charge is 2.26. The normalized spacial score (nSPS) is 12.5. The zero-order valence-corrected chi connectivity index (χ0v) is 16.6. The Bertz CT molecular complexity index is 844. The number of fused-ring (bicyclic) bond motifs is 3. The number of hydrogen-bond acceptors (Lipinski definition) is 6. The number of hydrazine groups is 1. The van der Waals surface area contributed by atoms with E-state index in [1.807, 2.05) is 28.8 Å². The van der Waals surface area contributed by atoms with Crippen molar-refractivity contribution in [2.75, 3.05) is 31.3 Å². The van der Waals surface area contributed by atoms with Gasteiger partial charge in [-0.05, 0) is 32.1 Å². The molecule has 0 saturated heterocycles. The summed E-state index contributed by atoms with van der Waals surface area (Å²) in [5.74, 6) is 0.176. The molecule has 2 heterocycles. The minimum Gasteiger partial charge on any atom is -0.461 e. The lowest BCUT2D eigenvalue weighted by molar-refractivity contribution is -0.121. The molecule has 1 aromatic carbocycles. The second kappa shape index (κ2) is 8.88. The van der Waals surface area contributed by atoms with Crippen LogP contribution in [0.15, 0.2) is 30.5 Å². The molecule has 1 aliphatic rings. The topological polar surface area (TPSA) is 79.7 Å². The molecule has 8 heteroatoms. The van der Waals surface area contributed by atoms with E-state index >= 15 is 0 Å².